The Morgan fingerprint density at radius 2 is 2.08 bits per heavy atom. The van der Waals surface area contributed by atoms with E-state index in [-0.39, 0.29) is 0 Å². The summed E-state index contributed by atoms with van der Waals surface area (Å²) < 4.78 is 1.28. The van der Waals surface area contributed by atoms with Gasteiger partial charge in [0, 0.05) is 29.9 Å². The fraction of sp³-hybridized carbons (Fsp3) is 0.316. The van der Waals surface area contributed by atoms with Crippen molar-refractivity contribution in [3.05, 3.63) is 42.6 Å². The van der Waals surface area contributed by atoms with Gasteiger partial charge in [0.1, 0.15) is 23.0 Å². The van der Waals surface area contributed by atoms with Gasteiger partial charge in [-0.15, -0.1) is 0 Å². The van der Waals surface area contributed by atoms with Crippen LogP contribution in [0, 0.1) is 5.92 Å². The highest BCUT2D eigenvalue weighted by Crippen LogP contribution is 2.43. The van der Waals surface area contributed by atoms with Crippen LogP contribution >= 0.6 is 11.8 Å². The summed E-state index contributed by atoms with van der Waals surface area (Å²) in [4.78, 5) is 13.5. The molecule has 2 aliphatic heterocycles. The smallest absolute Gasteiger partial charge is 0.146 e. The maximum atomic E-state index is 11.0. The Kier molecular flexibility index (Phi) is 3.81. The van der Waals surface area contributed by atoms with Crippen molar-refractivity contribution < 1.29 is 5.21 Å². The van der Waals surface area contributed by atoms with Crippen molar-refractivity contribution >= 4 is 23.3 Å². The first-order chi connectivity index (χ1) is 12.8. The van der Waals surface area contributed by atoms with E-state index in [1.807, 2.05) is 30.0 Å². The van der Waals surface area contributed by atoms with Crippen LogP contribution in [0.25, 0.3) is 22.5 Å². The SMILES string of the molecule is On1c(CC2CCSCC2)nc2c1-c1ccncc1Nc1ncccc1-2. The Morgan fingerprint density at radius 1 is 1.19 bits per heavy atom. The molecule has 3 aromatic heterocycles. The number of nitrogens with zero attached hydrogens (tertiary/aromatic N) is 4. The van der Waals surface area contributed by atoms with E-state index in [2.05, 4.69) is 15.3 Å². The van der Waals surface area contributed by atoms with Gasteiger partial charge in [0.2, 0.25) is 0 Å². The molecule has 5 heterocycles. The Hall–Kier alpha value is -2.54. The van der Waals surface area contributed by atoms with Gasteiger partial charge in [-0.25, -0.2) is 9.97 Å². The van der Waals surface area contributed by atoms with Crippen molar-refractivity contribution in [3.63, 3.8) is 0 Å². The second-order valence-corrected chi connectivity index (χ2v) is 7.97. The third-order valence-corrected chi connectivity index (χ3v) is 6.17. The zero-order valence-corrected chi connectivity index (χ0v) is 15.0. The van der Waals surface area contributed by atoms with Crippen LogP contribution in [0.2, 0.25) is 0 Å². The molecule has 1 fully saturated rings. The van der Waals surface area contributed by atoms with E-state index in [1.165, 1.54) is 29.1 Å². The number of nitrogens with one attached hydrogen (secondary N) is 1. The lowest BCUT2D eigenvalue weighted by molar-refractivity contribution is 0.176. The van der Waals surface area contributed by atoms with Gasteiger partial charge in [-0.3, -0.25) is 4.98 Å². The Bertz CT molecular complexity index is 964. The molecule has 2 N–H and O–H groups in total. The summed E-state index contributed by atoms with van der Waals surface area (Å²) in [6, 6.07) is 5.79. The van der Waals surface area contributed by atoms with Crippen molar-refractivity contribution in [2.24, 2.45) is 5.92 Å². The van der Waals surface area contributed by atoms with Gasteiger partial charge in [0.15, 0.2) is 0 Å². The molecule has 0 bridgehead atoms. The van der Waals surface area contributed by atoms with E-state index in [1.54, 1.807) is 18.6 Å². The average molecular weight is 365 g/mol. The molecule has 0 spiro atoms. The third-order valence-electron chi connectivity index (χ3n) is 5.13. The van der Waals surface area contributed by atoms with Crippen LogP contribution < -0.4 is 5.32 Å². The molecule has 26 heavy (non-hydrogen) atoms. The summed E-state index contributed by atoms with van der Waals surface area (Å²) in [7, 11) is 0. The van der Waals surface area contributed by atoms with Gasteiger partial charge < -0.3 is 10.5 Å². The monoisotopic (exact) mass is 365 g/mol. The van der Waals surface area contributed by atoms with Gasteiger partial charge in [0.05, 0.1) is 11.9 Å². The molecule has 0 unspecified atom stereocenters. The number of fused-ring (bicyclic) bond motifs is 5. The molecule has 2 aliphatic rings. The van der Waals surface area contributed by atoms with Crippen LogP contribution in [-0.4, -0.2) is 36.4 Å². The molecule has 5 rings (SSSR count). The first-order valence-electron chi connectivity index (χ1n) is 8.86. The minimum absolute atomic E-state index is 0.580. The second-order valence-electron chi connectivity index (χ2n) is 6.74. The number of aromatic nitrogens is 4. The summed E-state index contributed by atoms with van der Waals surface area (Å²) in [6.45, 7) is 0. The number of hydrogen-bond donors (Lipinski definition) is 2. The van der Waals surface area contributed by atoms with Crippen molar-refractivity contribution in [1.29, 1.82) is 0 Å². The fourth-order valence-electron chi connectivity index (χ4n) is 3.75. The van der Waals surface area contributed by atoms with Crippen LogP contribution in [-0.2, 0) is 6.42 Å². The Balaban J connectivity index is 1.67. The number of imidazole rings is 1. The molecular weight excluding hydrogens is 346 g/mol. The number of pyridine rings is 2. The van der Waals surface area contributed by atoms with E-state index >= 15 is 0 Å². The summed E-state index contributed by atoms with van der Waals surface area (Å²) in [6.07, 6.45) is 8.41. The normalized spacial score (nSPS) is 16.2. The molecule has 3 aromatic rings. The standard InChI is InChI=1S/C19H19N5OS/c25-24-16(10-12-4-8-26-9-5-12)23-17-14-2-1-6-21-19(14)22-15-11-20-7-3-13(15)18(17)24/h1-3,6-7,11-12,25H,4-5,8-10H2,(H,21,22). The Morgan fingerprint density at radius 3 is 2.96 bits per heavy atom. The molecule has 7 heteroatoms. The van der Waals surface area contributed by atoms with Gasteiger partial charge in [-0.2, -0.15) is 16.5 Å². The van der Waals surface area contributed by atoms with E-state index in [0.717, 1.165) is 40.6 Å². The van der Waals surface area contributed by atoms with Crippen LogP contribution in [0.5, 0.6) is 0 Å². The molecule has 0 atom stereocenters. The summed E-state index contributed by atoms with van der Waals surface area (Å²) in [5.41, 5.74) is 4.08. The first kappa shape index (κ1) is 15.7. The second kappa shape index (κ2) is 6.32. The predicted octanol–water partition coefficient (Wildman–Crippen LogP) is 3.99. The Labute approximate surface area is 155 Å². The average Bonchev–Trinajstić information content (AvgIpc) is 2.92. The molecule has 1 saturated heterocycles. The topological polar surface area (TPSA) is 75.9 Å². The van der Waals surface area contributed by atoms with E-state index < -0.39 is 0 Å². The number of thioether (sulfide) groups is 1. The summed E-state index contributed by atoms with van der Waals surface area (Å²) >= 11 is 2.01. The zero-order valence-electron chi connectivity index (χ0n) is 14.2. The maximum Gasteiger partial charge on any atom is 0.146 e. The van der Waals surface area contributed by atoms with E-state index in [0.29, 0.717) is 11.6 Å². The highest BCUT2D eigenvalue weighted by molar-refractivity contribution is 7.99. The quantitative estimate of drug-likeness (QED) is 0.523. The van der Waals surface area contributed by atoms with Crippen LogP contribution in [0.15, 0.2) is 36.8 Å². The highest BCUT2D eigenvalue weighted by Gasteiger charge is 2.28. The lowest BCUT2D eigenvalue weighted by Gasteiger charge is -2.20. The molecule has 0 aromatic carbocycles. The number of rotatable bonds is 2. The van der Waals surface area contributed by atoms with E-state index in [9.17, 15) is 5.21 Å². The van der Waals surface area contributed by atoms with Gasteiger partial charge in [-0.1, -0.05) is 0 Å². The van der Waals surface area contributed by atoms with E-state index in [4.69, 9.17) is 4.98 Å². The minimum atomic E-state index is 0.580. The molecule has 0 saturated carbocycles. The molecule has 0 aliphatic carbocycles. The highest BCUT2D eigenvalue weighted by atomic mass is 32.2. The minimum Gasteiger partial charge on any atom is -0.427 e. The molecule has 6 nitrogen and oxygen atoms in total. The largest absolute Gasteiger partial charge is 0.427 e. The summed E-state index contributed by atoms with van der Waals surface area (Å²) in [5.74, 6) is 4.44. The van der Waals surface area contributed by atoms with Gasteiger partial charge in [0.25, 0.3) is 0 Å². The first-order valence-corrected chi connectivity index (χ1v) is 10.0. The summed E-state index contributed by atoms with van der Waals surface area (Å²) in [5, 5.41) is 14.3. The van der Waals surface area contributed by atoms with Gasteiger partial charge >= 0.3 is 0 Å². The third kappa shape index (κ3) is 2.54. The number of hydrogen-bond acceptors (Lipinski definition) is 6. The van der Waals surface area contributed by atoms with Crippen LogP contribution in [0.1, 0.15) is 18.7 Å². The molecule has 132 valence electrons. The molecule has 0 radical (unpaired) electrons. The number of anilines is 2. The van der Waals surface area contributed by atoms with Crippen molar-refractivity contribution in [2.45, 2.75) is 19.3 Å². The predicted molar refractivity (Wildman–Crippen MR) is 103 cm³/mol. The van der Waals surface area contributed by atoms with Crippen LogP contribution in [0.4, 0.5) is 11.5 Å². The molecule has 0 amide bonds. The van der Waals surface area contributed by atoms with Crippen molar-refractivity contribution in [1.82, 2.24) is 19.7 Å². The van der Waals surface area contributed by atoms with Crippen molar-refractivity contribution in [3.8, 4) is 22.5 Å². The molecular formula is C19H19N5OS. The lowest BCUT2D eigenvalue weighted by atomic mass is 9.99. The zero-order chi connectivity index (χ0) is 17.5. The lowest BCUT2D eigenvalue weighted by Crippen LogP contribution is -2.15. The van der Waals surface area contributed by atoms with Crippen LogP contribution in [0.3, 0.4) is 0 Å². The van der Waals surface area contributed by atoms with Crippen molar-refractivity contribution in [2.75, 3.05) is 16.8 Å². The maximum absolute atomic E-state index is 11.0. The van der Waals surface area contributed by atoms with Gasteiger partial charge in [-0.05, 0) is 48.5 Å². The fourth-order valence-corrected chi connectivity index (χ4v) is 4.96.